The van der Waals surface area contributed by atoms with E-state index in [0.29, 0.717) is 0 Å². The van der Waals surface area contributed by atoms with Crippen LogP contribution in [0.2, 0.25) is 0 Å². The molecule has 0 saturated heterocycles. The number of methoxy groups -OCH3 is 2. The van der Waals surface area contributed by atoms with E-state index < -0.39 is 18.0 Å². The van der Waals surface area contributed by atoms with E-state index >= 15 is 0 Å². The van der Waals surface area contributed by atoms with Crippen molar-refractivity contribution in [1.29, 1.82) is 0 Å². The van der Waals surface area contributed by atoms with Gasteiger partial charge in [-0.3, -0.25) is 0 Å². The van der Waals surface area contributed by atoms with E-state index in [1.807, 2.05) is 0 Å². The van der Waals surface area contributed by atoms with Gasteiger partial charge in [0.2, 0.25) is 5.69 Å². The Labute approximate surface area is 108 Å². The number of ether oxygens (including phenoxy) is 2. The van der Waals surface area contributed by atoms with Crippen molar-refractivity contribution in [3.8, 4) is 0 Å². The molecule has 19 heavy (non-hydrogen) atoms. The third-order valence-corrected chi connectivity index (χ3v) is 2.58. The number of rotatable bonds is 4. The van der Waals surface area contributed by atoms with Crippen molar-refractivity contribution in [1.82, 2.24) is 15.0 Å². The van der Waals surface area contributed by atoms with Crippen LogP contribution in [0.25, 0.3) is 0 Å². The van der Waals surface area contributed by atoms with Gasteiger partial charge >= 0.3 is 11.9 Å². The minimum Gasteiger partial charge on any atom is -0.464 e. The molecule has 1 aromatic heterocycles. The number of nitrogens with zero attached hydrogens (tertiary/aromatic N) is 4. The second-order valence-electron chi connectivity index (χ2n) is 3.63. The van der Waals surface area contributed by atoms with Gasteiger partial charge in [0.15, 0.2) is 5.69 Å². The van der Waals surface area contributed by atoms with E-state index in [9.17, 15) is 9.59 Å². The van der Waals surface area contributed by atoms with Crippen LogP contribution in [0.4, 0.5) is 0 Å². The molecule has 0 spiro atoms. The molecule has 0 fully saturated rings. The quantitative estimate of drug-likeness (QED) is 0.361. The Morgan fingerprint density at radius 3 is 2.37 bits per heavy atom. The maximum absolute atomic E-state index is 11.7. The number of hydrogen-bond acceptors (Lipinski definition) is 8. The highest BCUT2D eigenvalue weighted by atomic mass is 16.5. The van der Waals surface area contributed by atoms with Gasteiger partial charge in [0.25, 0.3) is 0 Å². The number of esters is 2. The molecule has 9 nitrogen and oxygen atoms in total. The Hall–Kier alpha value is -2.45. The molecule has 0 radical (unpaired) electrons. The summed E-state index contributed by atoms with van der Waals surface area (Å²) in [5, 5.41) is 19.0. The molecule has 1 atom stereocenters. The van der Waals surface area contributed by atoms with Crippen LogP contribution >= 0.6 is 0 Å². The first-order valence-corrected chi connectivity index (χ1v) is 5.28. The molecule has 0 aliphatic rings. The van der Waals surface area contributed by atoms with Gasteiger partial charge in [-0.2, -0.15) is 0 Å². The lowest BCUT2D eigenvalue weighted by Gasteiger charge is -2.12. The lowest BCUT2D eigenvalue weighted by Crippen LogP contribution is -2.22. The van der Waals surface area contributed by atoms with Crippen molar-refractivity contribution in [3.05, 3.63) is 11.4 Å². The summed E-state index contributed by atoms with van der Waals surface area (Å²) < 4.78 is 10.2. The van der Waals surface area contributed by atoms with Crippen molar-refractivity contribution in [2.75, 3.05) is 14.2 Å². The Balaban J connectivity index is 3.38. The van der Waals surface area contributed by atoms with Crippen molar-refractivity contribution >= 4 is 17.7 Å². The fraction of sp³-hybridized carbons (Fsp3) is 0.500. The first-order valence-electron chi connectivity index (χ1n) is 5.28. The first kappa shape index (κ1) is 14.6. The maximum atomic E-state index is 11.7. The van der Waals surface area contributed by atoms with Gasteiger partial charge < -0.3 is 14.7 Å². The van der Waals surface area contributed by atoms with Gasteiger partial charge in [-0.05, 0) is 13.8 Å². The molecule has 1 rings (SSSR count). The molecular formula is C10H14N4O5. The van der Waals surface area contributed by atoms with E-state index in [1.165, 1.54) is 14.0 Å². The SMILES string of the molecule is COC(=O)c1nnn(C(C)C(C)=NO)c1C(=O)OC. The fourth-order valence-electron chi connectivity index (χ4n) is 1.35. The Bertz CT molecular complexity index is 522. The zero-order chi connectivity index (χ0) is 14.6. The molecule has 0 saturated carbocycles. The van der Waals surface area contributed by atoms with Crippen molar-refractivity contribution in [2.45, 2.75) is 19.9 Å². The van der Waals surface area contributed by atoms with Crippen LogP contribution in [0, 0.1) is 0 Å². The van der Waals surface area contributed by atoms with Crippen molar-refractivity contribution < 1.29 is 24.3 Å². The van der Waals surface area contributed by atoms with Crippen LogP contribution in [-0.2, 0) is 9.47 Å². The summed E-state index contributed by atoms with van der Waals surface area (Å²) in [5.41, 5.74) is -0.136. The van der Waals surface area contributed by atoms with Crippen LogP contribution in [-0.4, -0.2) is 52.1 Å². The number of aromatic nitrogens is 3. The number of hydrogen-bond donors (Lipinski definition) is 1. The highest BCUT2D eigenvalue weighted by Crippen LogP contribution is 2.15. The maximum Gasteiger partial charge on any atom is 0.361 e. The largest absolute Gasteiger partial charge is 0.464 e. The molecule has 1 aromatic rings. The average molecular weight is 270 g/mol. The number of oxime groups is 1. The third-order valence-electron chi connectivity index (χ3n) is 2.58. The van der Waals surface area contributed by atoms with Crippen LogP contribution in [0.1, 0.15) is 40.9 Å². The van der Waals surface area contributed by atoms with Crippen LogP contribution in [0.5, 0.6) is 0 Å². The zero-order valence-electron chi connectivity index (χ0n) is 10.9. The molecular weight excluding hydrogens is 256 g/mol. The summed E-state index contributed by atoms with van der Waals surface area (Å²) in [6.45, 7) is 3.16. The van der Waals surface area contributed by atoms with Gasteiger partial charge in [-0.1, -0.05) is 10.4 Å². The minimum atomic E-state index is -0.808. The molecule has 0 aromatic carbocycles. The summed E-state index contributed by atoms with van der Waals surface area (Å²) >= 11 is 0. The van der Waals surface area contributed by atoms with Gasteiger partial charge in [-0.15, -0.1) is 5.10 Å². The molecule has 9 heteroatoms. The summed E-state index contributed by atoms with van der Waals surface area (Å²) in [5.74, 6) is -1.60. The zero-order valence-corrected chi connectivity index (χ0v) is 10.9. The molecule has 1 heterocycles. The molecule has 0 aliphatic heterocycles. The molecule has 0 amide bonds. The van der Waals surface area contributed by atoms with Crippen LogP contribution in [0.3, 0.4) is 0 Å². The lowest BCUT2D eigenvalue weighted by molar-refractivity contribution is 0.0543. The van der Waals surface area contributed by atoms with Crippen LogP contribution < -0.4 is 0 Å². The summed E-state index contributed by atoms with van der Waals surface area (Å²) in [6.07, 6.45) is 0. The average Bonchev–Trinajstić information content (AvgIpc) is 2.88. The monoisotopic (exact) mass is 270 g/mol. The molecule has 104 valence electrons. The molecule has 0 bridgehead atoms. The molecule has 1 unspecified atom stereocenters. The van der Waals surface area contributed by atoms with Gasteiger partial charge in [-0.25, -0.2) is 14.3 Å². The van der Waals surface area contributed by atoms with Crippen LogP contribution in [0.15, 0.2) is 5.16 Å². The summed E-state index contributed by atoms with van der Waals surface area (Å²) in [7, 11) is 2.32. The van der Waals surface area contributed by atoms with E-state index in [-0.39, 0.29) is 17.1 Å². The Kier molecular flexibility index (Phi) is 4.56. The Morgan fingerprint density at radius 1 is 1.32 bits per heavy atom. The predicted molar refractivity (Wildman–Crippen MR) is 62.3 cm³/mol. The summed E-state index contributed by atoms with van der Waals surface area (Å²) in [6, 6.07) is -0.579. The highest BCUT2D eigenvalue weighted by molar-refractivity contribution is 6.00. The van der Waals surface area contributed by atoms with Crippen molar-refractivity contribution in [3.63, 3.8) is 0 Å². The van der Waals surface area contributed by atoms with Gasteiger partial charge in [0, 0.05) is 0 Å². The second kappa shape index (κ2) is 5.94. The molecule has 0 aliphatic carbocycles. The Morgan fingerprint density at radius 2 is 1.89 bits per heavy atom. The second-order valence-corrected chi connectivity index (χ2v) is 3.63. The highest BCUT2D eigenvalue weighted by Gasteiger charge is 2.29. The van der Waals surface area contributed by atoms with Gasteiger partial charge in [0.05, 0.1) is 26.0 Å². The minimum absolute atomic E-state index is 0.162. The van der Waals surface area contributed by atoms with E-state index in [2.05, 4.69) is 24.9 Å². The standard InChI is InChI=1S/C10H14N4O5/c1-5(12-17)6(2)14-8(10(16)19-4)7(11-13-14)9(15)18-3/h6,17H,1-4H3. The normalized spacial score (nSPS) is 12.9. The third kappa shape index (κ3) is 2.69. The smallest absolute Gasteiger partial charge is 0.361 e. The fourth-order valence-corrected chi connectivity index (χ4v) is 1.35. The van der Waals surface area contributed by atoms with E-state index in [4.69, 9.17) is 5.21 Å². The van der Waals surface area contributed by atoms with E-state index in [0.717, 1.165) is 11.8 Å². The summed E-state index contributed by atoms with van der Waals surface area (Å²) in [4.78, 5) is 23.2. The predicted octanol–water partition coefficient (Wildman–Crippen LogP) is 0.262. The van der Waals surface area contributed by atoms with Crippen molar-refractivity contribution in [2.24, 2.45) is 5.16 Å². The molecule has 1 N–H and O–H groups in total. The first-order chi connectivity index (χ1) is 8.97. The van der Waals surface area contributed by atoms with Gasteiger partial charge in [0.1, 0.15) is 0 Å². The topological polar surface area (TPSA) is 116 Å². The van der Waals surface area contributed by atoms with E-state index in [1.54, 1.807) is 6.92 Å². The lowest BCUT2D eigenvalue weighted by atomic mass is 10.2. The number of carbonyl (C=O) groups is 2. The number of carbonyl (C=O) groups excluding carboxylic acids is 2.